The molecule has 0 bridgehead atoms. The van der Waals surface area contributed by atoms with Crippen LogP contribution in [0.15, 0.2) is 47.0 Å². The van der Waals surface area contributed by atoms with E-state index in [1.807, 2.05) is 6.07 Å². The van der Waals surface area contributed by atoms with E-state index in [1.54, 1.807) is 0 Å². The Morgan fingerprint density at radius 2 is 1.96 bits per heavy atom. The summed E-state index contributed by atoms with van der Waals surface area (Å²) in [7, 11) is 0. The molecule has 0 aromatic heterocycles. The molecule has 5 rings (SSSR count). The zero-order valence-electron chi connectivity index (χ0n) is 14.8. The maximum absolute atomic E-state index is 5.62. The van der Waals surface area contributed by atoms with Crippen molar-refractivity contribution >= 4 is 21.6 Å². The second-order valence-corrected chi connectivity index (χ2v) is 8.23. The number of rotatable bonds is 3. The van der Waals surface area contributed by atoms with Gasteiger partial charge in [-0.25, -0.2) is 0 Å². The lowest BCUT2D eigenvalue weighted by Crippen LogP contribution is -2.29. The van der Waals surface area contributed by atoms with E-state index in [0.717, 1.165) is 28.8 Å². The van der Waals surface area contributed by atoms with Crippen molar-refractivity contribution in [3.63, 3.8) is 0 Å². The molecule has 134 valence electrons. The molecule has 1 N–H and O–H groups in total. The van der Waals surface area contributed by atoms with Crippen LogP contribution in [0.25, 0.3) is 0 Å². The molecule has 0 amide bonds. The van der Waals surface area contributed by atoms with Crippen LogP contribution in [-0.2, 0) is 6.42 Å². The van der Waals surface area contributed by atoms with E-state index >= 15 is 0 Å². The number of anilines is 1. The van der Waals surface area contributed by atoms with E-state index in [2.05, 4.69) is 64.6 Å². The molecule has 4 heteroatoms. The van der Waals surface area contributed by atoms with Crippen molar-refractivity contribution in [2.24, 2.45) is 5.92 Å². The lowest BCUT2D eigenvalue weighted by Gasteiger charge is -2.38. The molecule has 2 aromatic carbocycles. The molecular formula is C22H22BrNO2. The van der Waals surface area contributed by atoms with Crippen LogP contribution in [0, 0.1) is 5.92 Å². The third-order valence-corrected chi connectivity index (χ3v) is 6.48. The number of allylic oxidation sites excluding steroid dienone is 2. The van der Waals surface area contributed by atoms with Gasteiger partial charge in [-0.1, -0.05) is 53.6 Å². The third-order valence-electron chi connectivity index (χ3n) is 5.79. The van der Waals surface area contributed by atoms with Gasteiger partial charge in [-0.15, -0.1) is 0 Å². The quantitative estimate of drug-likeness (QED) is 0.632. The highest BCUT2D eigenvalue weighted by molar-refractivity contribution is 9.10. The van der Waals surface area contributed by atoms with E-state index in [1.165, 1.54) is 28.8 Å². The summed E-state index contributed by atoms with van der Waals surface area (Å²) in [5.74, 6) is 2.67. The van der Waals surface area contributed by atoms with Crippen LogP contribution >= 0.6 is 15.9 Å². The summed E-state index contributed by atoms with van der Waals surface area (Å²) in [5.41, 5.74) is 5.39. The molecule has 2 aromatic rings. The fourth-order valence-electron chi connectivity index (χ4n) is 4.57. The molecule has 3 nitrogen and oxygen atoms in total. The number of hydrogen-bond acceptors (Lipinski definition) is 3. The second-order valence-electron chi connectivity index (χ2n) is 7.37. The second kappa shape index (κ2) is 6.34. The average Bonchev–Trinajstić information content (AvgIpc) is 3.30. The molecule has 1 aliphatic carbocycles. The van der Waals surface area contributed by atoms with Gasteiger partial charge in [0.05, 0.1) is 6.04 Å². The van der Waals surface area contributed by atoms with Crippen molar-refractivity contribution in [2.75, 3.05) is 12.1 Å². The molecule has 3 aliphatic rings. The number of hydrogen-bond donors (Lipinski definition) is 1. The predicted octanol–water partition coefficient (Wildman–Crippen LogP) is 5.96. The zero-order chi connectivity index (χ0) is 17.7. The number of halogens is 1. The first-order valence-corrected chi connectivity index (χ1v) is 10.2. The van der Waals surface area contributed by atoms with Crippen molar-refractivity contribution in [2.45, 2.75) is 38.1 Å². The average molecular weight is 412 g/mol. The molecule has 2 heterocycles. The molecule has 0 saturated heterocycles. The summed E-state index contributed by atoms with van der Waals surface area (Å²) in [6.45, 7) is 2.54. The SMILES string of the molecule is CCCc1ccc2c(c1)C1C=CCC1C(c1cc3c(cc1Br)OCO3)N2. The largest absolute Gasteiger partial charge is 0.454 e. The van der Waals surface area contributed by atoms with Gasteiger partial charge in [0, 0.05) is 16.1 Å². The standard InChI is InChI=1S/C22H22BrNO2/c1-2-4-13-7-8-19-16(9-13)14-5-3-6-15(14)22(24-19)17-10-20-21(11-18(17)23)26-12-25-20/h3,5,7-11,14-15,22,24H,2,4,6,12H2,1H3. The van der Waals surface area contributed by atoms with Crippen molar-refractivity contribution in [3.8, 4) is 11.5 Å². The van der Waals surface area contributed by atoms with Crippen LogP contribution in [-0.4, -0.2) is 6.79 Å². The first-order chi connectivity index (χ1) is 12.7. The molecule has 26 heavy (non-hydrogen) atoms. The topological polar surface area (TPSA) is 30.5 Å². The zero-order valence-corrected chi connectivity index (χ0v) is 16.4. The predicted molar refractivity (Wildman–Crippen MR) is 107 cm³/mol. The minimum absolute atomic E-state index is 0.253. The van der Waals surface area contributed by atoms with E-state index in [4.69, 9.17) is 9.47 Å². The van der Waals surface area contributed by atoms with Crippen molar-refractivity contribution in [1.29, 1.82) is 0 Å². The first-order valence-electron chi connectivity index (χ1n) is 9.39. The van der Waals surface area contributed by atoms with Crippen LogP contribution in [0.5, 0.6) is 11.5 Å². The van der Waals surface area contributed by atoms with Crippen molar-refractivity contribution in [1.82, 2.24) is 0 Å². The van der Waals surface area contributed by atoms with Crippen molar-refractivity contribution < 1.29 is 9.47 Å². The Labute approximate surface area is 162 Å². The Bertz CT molecular complexity index is 892. The summed E-state index contributed by atoms with van der Waals surface area (Å²) in [6.07, 6.45) is 8.16. The van der Waals surface area contributed by atoms with Gasteiger partial charge in [-0.05, 0) is 53.6 Å². The Morgan fingerprint density at radius 3 is 2.81 bits per heavy atom. The van der Waals surface area contributed by atoms with Gasteiger partial charge < -0.3 is 14.8 Å². The molecule has 2 aliphatic heterocycles. The summed E-state index contributed by atoms with van der Waals surface area (Å²) >= 11 is 3.76. The maximum Gasteiger partial charge on any atom is 0.231 e. The Kier molecular flexibility index (Phi) is 3.96. The number of nitrogens with one attached hydrogen (secondary N) is 1. The van der Waals surface area contributed by atoms with Gasteiger partial charge in [0.2, 0.25) is 6.79 Å². The first kappa shape index (κ1) is 16.2. The monoisotopic (exact) mass is 411 g/mol. The lowest BCUT2D eigenvalue weighted by molar-refractivity contribution is 0.174. The molecule has 0 fully saturated rings. The fraction of sp³-hybridized carbons (Fsp3) is 0.364. The molecule has 0 radical (unpaired) electrons. The molecule has 3 unspecified atom stereocenters. The summed E-state index contributed by atoms with van der Waals surface area (Å²) in [4.78, 5) is 0. The minimum atomic E-state index is 0.253. The lowest BCUT2D eigenvalue weighted by atomic mass is 9.76. The van der Waals surface area contributed by atoms with Crippen LogP contribution in [0.1, 0.15) is 48.4 Å². The number of fused-ring (bicyclic) bond motifs is 4. The highest BCUT2D eigenvalue weighted by atomic mass is 79.9. The highest BCUT2D eigenvalue weighted by Gasteiger charge is 2.39. The van der Waals surface area contributed by atoms with Gasteiger partial charge >= 0.3 is 0 Å². The number of ether oxygens (including phenoxy) is 2. The van der Waals surface area contributed by atoms with Crippen LogP contribution in [0.2, 0.25) is 0 Å². The summed E-state index contributed by atoms with van der Waals surface area (Å²) in [5, 5.41) is 3.82. The Hall–Kier alpha value is -1.94. The molecular weight excluding hydrogens is 390 g/mol. The third kappa shape index (κ3) is 2.54. The van der Waals surface area contributed by atoms with Gasteiger partial charge in [0.25, 0.3) is 0 Å². The normalized spacial score (nSPS) is 24.9. The molecule has 0 saturated carbocycles. The van der Waals surface area contributed by atoms with Gasteiger partial charge in [-0.2, -0.15) is 0 Å². The van der Waals surface area contributed by atoms with Gasteiger partial charge in [0.15, 0.2) is 11.5 Å². The summed E-state index contributed by atoms with van der Waals surface area (Å²) < 4.78 is 12.2. The fourth-order valence-corrected chi connectivity index (χ4v) is 5.14. The number of aryl methyl sites for hydroxylation is 1. The van der Waals surface area contributed by atoms with E-state index < -0.39 is 0 Å². The van der Waals surface area contributed by atoms with E-state index in [-0.39, 0.29) is 6.04 Å². The van der Waals surface area contributed by atoms with E-state index in [0.29, 0.717) is 18.6 Å². The van der Waals surface area contributed by atoms with Crippen LogP contribution in [0.4, 0.5) is 5.69 Å². The number of benzene rings is 2. The van der Waals surface area contributed by atoms with Gasteiger partial charge in [-0.3, -0.25) is 0 Å². The van der Waals surface area contributed by atoms with Gasteiger partial charge in [0.1, 0.15) is 0 Å². The smallest absolute Gasteiger partial charge is 0.231 e. The van der Waals surface area contributed by atoms with Crippen LogP contribution in [0.3, 0.4) is 0 Å². The highest BCUT2D eigenvalue weighted by Crippen LogP contribution is 2.52. The van der Waals surface area contributed by atoms with E-state index in [9.17, 15) is 0 Å². The Balaban J connectivity index is 1.56. The molecule has 0 spiro atoms. The minimum Gasteiger partial charge on any atom is -0.454 e. The van der Waals surface area contributed by atoms with Crippen molar-refractivity contribution in [3.05, 3.63) is 63.6 Å². The summed E-state index contributed by atoms with van der Waals surface area (Å²) in [6, 6.07) is 11.4. The maximum atomic E-state index is 5.62. The van der Waals surface area contributed by atoms with Crippen LogP contribution < -0.4 is 14.8 Å². The molecule has 3 atom stereocenters. The Morgan fingerprint density at radius 1 is 1.12 bits per heavy atom.